The molecule has 10 nitrogen and oxygen atoms in total. The summed E-state index contributed by atoms with van der Waals surface area (Å²) >= 11 is 0. The third-order valence-corrected chi connectivity index (χ3v) is 5.64. The third-order valence-electron chi connectivity index (χ3n) is 5.64. The highest BCUT2D eigenvalue weighted by Crippen LogP contribution is 2.34. The number of anilines is 1. The van der Waals surface area contributed by atoms with Crippen LogP contribution in [0.3, 0.4) is 0 Å². The van der Waals surface area contributed by atoms with Crippen molar-refractivity contribution in [3.63, 3.8) is 0 Å². The van der Waals surface area contributed by atoms with E-state index >= 15 is 0 Å². The highest BCUT2D eigenvalue weighted by molar-refractivity contribution is 5.82. The molecule has 1 fully saturated rings. The molecule has 4 rings (SSSR count). The van der Waals surface area contributed by atoms with E-state index in [-0.39, 0.29) is 12.6 Å². The lowest BCUT2D eigenvalue weighted by Gasteiger charge is -2.17. The van der Waals surface area contributed by atoms with E-state index in [1.165, 1.54) is 0 Å². The lowest BCUT2D eigenvalue weighted by Crippen LogP contribution is -2.29. The maximum atomic E-state index is 12.1. The van der Waals surface area contributed by atoms with Crippen LogP contribution in [0.15, 0.2) is 28.8 Å². The number of carbonyl (C=O) groups is 1. The summed E-state index contributed by atoms with van der Waals surface area (Å²) in [6, 6.07) is 6.89. The normalized spacial score (nSPS) is 16.4. The van der Waals surface area contributed by atoms with Crippen molar-refractivity contribution in [2.24, 2.45) is 0 Å². The molecular weight excluding hydrogens is 438 g/mol. The van der Waals surface area contributed by atoms with Gasteiger partial charge in [-0.05, 0) is 40.0 Å². The molecule has 34 heavy (non-hydrogen) atoms. The number of cyclic esters (lactones) is 1. The number of likely N-dealkylation sites (N-methyl/N-ethyl adjacent to an activating group) is 1. The first-order chi connectivity index (χ1) is 16.4. The summed E-state index contributed by atoms with van der Waals surface area (Å²) < 4.78 is 16.2. The number of ether oxygens (including phenoxy) is 2. The van der Waals surface area contributed by atoms with E-state index in [1.807, 2.05) is 45.0 Å². The fraction of sp³-hybridized carbons (Fsp3) is 0.417. The minimum absolute atomic E-state index is 0.153. The summed E-state index contributed by atoms with van der Waals surface area (Å²) in [4.78, 5) is 21.7. The number of esters is 1. The average molecular weight is 468 g/mol. The molecule has 2 atom stereocenters. The molecule has 1 unspecified atom stereocenters. The first-order valence-corrected chi connectivity index (χ1v) is 11.2. The number of nitrogens with zero attached hydrogens (tertiary/aromatic N) is 3. The van der Waals surface area contributed by atoms with Gasteiger partial charge in [0.1, 0.15) is 36.1 Å². The van der Waals surface area contributed by atoms with E-state index in [9.17, 15) is 9.90 Å². The fourth-order valence-corrected chi connectivity index (χ4v) is 3.85. The molecule has 3 N–H and O–H groups in total. The maximum Gasteiger partial charge on any atom is 0.328 e. The van der Waals surface area contributed by atoms with Gasteiger partial charge in [-0.3, -0.25) is 0 Å². The molecule has 2 aromatic heterocycles. The van der Waals surface area contributed by atoms with E-state index in [4.69, 9.17) is 24.0 Å². The van der Waals surface area contributed by atoms with Crippen LogP contribution >= 0.6 is 0 Å². The second-order valence-corrected chi connectivity index (χ2v) is 8.27. The monoisotopic (exact) mass is 467 g/mol. The number of hydrogen-bond donors (Lipinski definition) is 3. The SMILES string of the molecule is CNCC(O)COc1cccc(-c2nc(N[C@@H]3CCOC3=O)c(C)c(-c3c(C)noc3C)n2)c1. The summed E-state index contributed by atoms with van der Waals surface area (Å²) in [6.07, 6.45) is -0.0614. The first-order valence-electron chi connectivity index (χ1n) is 11.2. The Bertz CT molecular complexity index is 1160. The van der Waals surface area contributed by atoms with Crippen LogP contribution < -0.4 is 15.4 Å². The second kappa shape index (κ2) is 10.2. The Labute approximate surface area is 197 Å². The van der Waals surface area contributed by atoms with Gasteiger partial charge in [-0.2, -0.15) is 0 Å². The molecule has 0 saturated carbocycles. The summed E-state index contributed by atoms with van der Waals surface area (Å²) in [5.74, 6) is 1.93. The Kier molecular flexibility index (Phi) is 7.09. The largest absolute Gasteiger partial charge is 0.491 e. The zero-order chi connectivity index (χ0) is 24.2. The van der Waals surface area contributed by atoms with Crippen molar-refractivity contribution in [1.29, 1.82) is 0 Å². The first kappa shape index (κ1) is 23.7. The number of benzene rings is 1. The molecule has 3 heterocycles. The Hall–Kier alpha value is -3.50. The van der Waals surface area contributed by atoms with Gasteiger partial charge in [0.2, 0.25) is 0 Å². The summed E-state index contributed by atoms with van der Waals surface area (Å²) in [5, 5.41) is 20.2. The maximum absolute atomic E-state index is 12.1. The van der Waals surface area contributed by atoms with Crippen molar-refractivity contribution in [2.45, 2.75) is 39.3 Å². The van der Waals surface area contributed by atoms with Gasteiger partial charge >= 0.3 is 5.97 Å². The van der Waals surface area contributed by atoms with E-state index in [1.54, 1.807) is 7.05 Å². The van der Waals surface area contributed by atoms with Gasteiger partial charge in [-0.25, -0.2) is 14.8 Å². The van der Waals surface area contributed by atoms with E-state index < -0.39 is 12.1 Å². The Morgan fingerprint density at radius 2 is 2.09 bits per heavy atom. The van der Waals surface area contributed by atoms with Gasteiger partial charge in [0, 0.05) is 24.1 Å². The number of aliphatic hydroxyl groups is 1. The van der Waals surface area contributed by atoms with Gasteiger partial charge in [0.25, 0.3) is 0 Å². The van der Waals surface area contributed by atoms with Crippen molar-refractivity contribution in [3.05, 3.63) is 41.3 Å². The minimum atomic E-state index is -0.627. The fourth-order valence-electron chi connectivity index (χ4n) is 3.85. The number of nitrogens with one attached hydrogen (secondary N) is 2. The molecular formula is C24H29N5O5. The highest BCUT2D eigenvalue weighted by Gasteiger charge is 2.28. The van der Waals surface area contributed by atoms with Crippen LogP contribution in [0, 0.1) is 20.8 Å². The molecule has 0 spiro atoms. The third kappa shape index (κ3) is 5.02. The highest BCUT2D eigenvalue weighted by atomic mass is 16.5. The molecule has 0 radical (unpaired) electrons. The standard InChI is InChI=1S/C24H29N5O5/c1-13-21(20-14(2)29-34-15(20)3)27-23(28-22(13)26-19-8-9-32-24(19)31)16-6-5-7-18(10-16)33-12-17(30)11-25-4/h5-7,10,17,19,25,30H,8-9,11-12H2,1-4H3,(H,26,27,28)/t17?,19-/m1/s1. The Morgan fingerprint density at radius 1 is 1.26 bits per heavy atom. The van der Waals surface area contributed by atoms with E-state index in [2.05, 4.69) is 15.8 Å². The minimum Gasteiger partial charge on any atom is -0.491 e. The topological polar surface area (TPSA) is 132 Å². The van der Waals surface area contributed by atoms with Crippen LogP contribution in [0.25, 0.3) is 22.6 Å². The summed E-state index contributed by atoms with van der Waals surface area (Å²) in [5.41, 5.74) is 3.69. The van der Waals surface area contributed by atoms with Crippen molar-refractivity contribution in [2.75, 3.05) is 32.1 Å². The summed E-state index contributed by atoms with van der Waals surface area (Å²) in [6.45, 7) is 6.56. The molecule has 180 valence electrons. The molecule has 10 heteroatoms. The molecule has 0 bridgehead atoms. The van der Waals surface area contributed by atoms with Crippen LogP contribution in [0.1, 0.15) is 23.4 Å². The number of aryl methyl sites for hydroxylation is 2. The zero-order valence-electron chi connectivity index (χ0n) is 19.7. The quantitative estimate of drug-likeness (QED) is 0.403. The van der Waals surface area contributed by atoms with Gasteiger partial charge < -0.3 is 29.7 Å². The zero-order valence-corrected chi connectivity index (χ0v) is 19.7. The van der Waals surface area contributed by atoms with Crippen molar-refractivity contribution < 1.29 is 23.9 Å². The lowest BCUT2D eigenvalue weighted by molar-refractivity contribution is -0.138. The Balaban J connectivity index is 1.73. The van der Waals surface area contributed by atoms with Gasteiger partial charge in [0.15, 0.2) is 5.82 Å². The molecule has 1 aliphatic rings. The molecule has 1 aliphatic heterocycles. The Morgan fingerprint density at radius 3 is 2.76 bits per heavy atom. The number of rotatable bonds is 9. The van der Waals surface area contributed by atoms with Crippen LogP contribution in [0.4, 0.5) is 5.82 Å². The predicted molar refractivity (Wildman–Crippen MR) is 126 cm³/mol. The van der Waals surface area contributed by atoms with Crippen LogP contribution in [-0.4, -0.2) is 65.2 Å². The molecule has 1 saturated heterocycles. The summed E-state index contributed by atoms with van der Waals surface area (Å²) in [7, 11) is 1.77. The van der Waals surface area contributed by atoms with Crippen molar-refractivity contribution >= 4 is 11.8 Å². The number of carbonyl (C=O) groups excluding carboxylic acids is 1. The van der Waals surface area contributed by atoms with Gasteiger partial charge in [-0.15, -0.1) is 0 Å². The molecule has 0 amide bonds. The van der Waals surface area contributed by atoms with Crippen LogP contribution in [0.5, 0.6) is 5.75 Å². The smallest absolute Gasteiger partial charge is 0.328 e. The van der Waals surface area contributed by atoms with Crippen LogP contribution in [-0.2, 0) is 9.53 Å². The van der Waals surface area contributed by atoms with Gasteiger partial charge in [-0.1, -0.05) is 17.3 Å². The van der Waals surface area contributed by atoms with Crippen LogP contribution in [0.2, 0.25) is 0 Å². The van der Waals surface area contributed by atoms with Gasteiger partial charge in [0.05, 0.1) is 23.6 Å². The molecule has 1 aromatic carbocycles. The van der Waals surface area contributed by atoms with Crippen molar-refractivity contribution in [1.82, 2.24) is 20.4 Å². The van der Waals surface area contributed by atoms with E-state index in [0.29, 0.717) is 54.1 Å². The predicted octanol–water partition coefficient (Wildman–Crippen LogP) is 2.41. The molecule has 3 aromatic rings. The average Bonchev–Trinajstić information content (AvgIpc) is 3.38. The number of hydrogen-bond acceptors (Lipinski definition) is 10. The molecule has 0 aliphatic carbocycles. The van der Waals surface area contributed by atoms with E-state index in [0.717, 1.165) is 16.7 Å². The van der Waals surface area contributed by atoms with Crippen molar-refractivity contribution in [3.8, 4) is 28.4 Å². The second-order valence-electron chi connectivity index (χ2n) is 8.27. The number of aromatic nitrogens is 3. The number of aliphatic hydroxyl groups excluding tert-OH is 1. The lowest BCUT2D eigenvalue weighted by atomic mass is 10.0.